The molecule has 0 amide bonds. The molecule has 124 valence electrons. The van der Waals surface area contributed by atoms with E-state index in [9.17, 15) is 0 Å². The van der Waals surface area contributed by atoms with Crippen molar-refractivity contribution in [1.82, 2.24) is 4.98 Å². The Morgan fingerprint density at radius 1 is 0.792 bits per heavy atom. The topological polar surface area (TPSA) is 100.0 Å². The Morgan fingerprint density at radius 3 is 1.92 bits per heavy atom. The lowest BCUT2D eigenvalue weighted by molar-refractivity contribution is 0.424. The summed E-state index contributed by atoms with van der Waals surface area (Å²) in [6.07, 6.45) is 1.82. The molecule has 0 unspecified atom stereocenters. The molecule has 0 saturated heterocycles. The first-order valence-corrected chi connectivity index (χ1v) is 7.45. The fourth-order valence-electron chi connectivity index (χ4n) is 2.17. The average molecular weight is 326 g/mol. The summed E-state index contributed by atoms with van der Waals surface area (Å²) in [6.45, 7) is 0. The van der Waals surface area contributed by atoms with E-state index >= 15 is 0 Å². The van der Waals surface area contributed by atoms with Crippen molar-refractivity contribution in [2.24, 2.45) is 0 Å². The Hall–Kier alpha value is -2.25. The first-order chi connectivity index (χ1) is 11.4. The van der Waals surface area contributed by atoms with Crippen molar-refractivity contribution in [1.29, 1.82) is 0 Å². The molecule has 0 spiro atoms. The second-order valence-corrected chi connectivity index (χ2v) is 5.56. The molecule has 6 nitrogen and oxygen atoms in total. The molecule has 5 N–H and O–H groups in total. The smallest absolute Gasteiger partial charge is 0.423 e. The lowest BCUT2D eigenvalue weighted by atomic mass is 9.80. The van der Waals surface area contributed by atoms with Crippen molar-refractivity contribution in [2.75, 3.05) is 19.0 Å². The Balaban J connectivity index is 0.000000174. The van der Waals surface area contributed by atoms with E-state index in [1.807, 2.05) is 49.5 Å². The zero-order valence-corrected chi connectivity index (χ0v) is 13.6. The summed E-state index contributed by atoms with van der Waals surface area (Å²) in [7, 11) is 1.10. The minimum atomic E-state index is -1.39. The normalized spacial score (nSPS) is 10.1. The summed E-state index contributed by atoms with van der Waals surface area (Å²) in [5.74, 6) is 0. The third-order valence-corrected chi connectivity index (χ3v) is 3.58. The lowest BCUT2D eigenvalue weighted by Crippen LogP contribution is -2.29. The van der Waals surface area contributed by atoms with E-state index in [4.69, 9.17) is 20.1 Å². The summed E-state index contributed by atoms with van der Waals surface area (Å²) in [4.78, 5) is 4.94. The molecule has 24 heavy (non-hydrogen) atoms. The number of aromatic nitrogens is 1. The molecule has 0 aliphatic rings. The second kappa shape index (κ2) is 8.03. The van der Waals surface area contributed by atoms with E-state index < -0.39 is 14.2 Å². The average Bonchev–Trinajstić information content (AvgIpc) is 3.03. The summed E-state index contributed by atoms with van der Waals surface area (Å²) in [5, 5.41) is 36.4. The highest BCUT2D eigenvalue weighted by molar-refractivity contribution is 6.59. The van der Waals surface area contributed by atoms with Crippen LogP contribution in [0.3, 0.4) is 0 Å². The number of nitrogens with one attached hydrogen (secondary N) is 1. The molecule has 3 aromatic rings. The molecule has 0 aliphatic carbocycles. The van der Waals surface area contributed by atoms with Crippen LogP contribution in [0.4, 0.5) is 5.69 Å². The van der Waals surface area contributed by atoms with Gasteiger partial charge in [-0.25, -0.2) is 0 Å². The highest BCUT2D eigenvalue weighted by Gasteiger charge is 2.10. The summed E-state index contributed by atoms with van der Waals surface area (Å²) >= 11 is 0. The van der Waals surface area contributed by atoms with Crippen LogP contribution in [-0.4, -0.2) is 53.4 Å². The number of rotatable bonds is 3. The van der Waals surface area contributed by atoms with E-state index in [1.165, 1.54) is 0 Å². The maximum atomic E-state index is 8.86. The SMILES string of the molecule is CN(C)c1ccc(B(O)O)cc1.OB(O)c1ccc2cc[nH]c2c1. The minimum absolute atomic E-state index is 0.505. The minimum Gasteiger partial charge on any atom is -0.423 e. The van der Waals surface area contributed by atoms with Gasteiger partial charge in [0.25, 0.3) is 0 Å². The van der Waals surface area contributed by atoms with Crippen LogP contribution in [0.1, 0.15) is 0 Å². The van der Waals surface area contributed by atoms with E-state index in [0.29, 0.717) is 10.9 Å². The maximum absolute atomic E-state index is 8.86. The van der Waals surface area contributed by atoms with E-state index in [-0.39, 0.29) is 0 Å². The number of fused-ring (bicyclic) bond motifs is 1. The van der Waals surface area contributed by atoms with Crippen molar-refractivity contribution < 1.29 is 20.1 Å². The van der Waals surface area contributed by atoms with Gasteiger partial charge in [-0.15, -0.1) is 0 Å². The zero-order chi connectivity index (χ0) is 17.7. The predicted octanol–water partition coefficient (Wildman–Crippen LogP) is -0.720. The predicted molar refractivity (Wildman–Crippen MR) is 98.7 cm³/mol. The molecule has 8 heteroatoms. The van der Waals surface area contributed by atoms with Gasteiger partial charge in [0.1, 0.15) is 0 Å². The Bertz CT molecular complexity index is 746. The van der Waals surface area contributed by atoms with Crippen LogP contribution >= 0.6 is 0 Å². The van der Waals surface area contributed by atoms with Gasteiger partial charge in [0.15, 0.2) is 0 Å². The number of aromatic amines is 1. The Morgan fingerprint density at radius 2 is 1.38 bits per heavy atom. The molecule has 3 rings (SSSR count). The van der Waals surface area contributed by atoms with Gasteiger partial charge in [-0.1, -0.05) is 24.3 Å². The van der Waals surface area contributed by atoms with Crippen LogP contribution in [0.15, 0.2) is 54.7 Å². The van der Waals surface area contributed by atoms with E-state index in [2.05, 4.69) is 4.98 Å². The quantitative estimate of drug-likeness (QED) is 0.409. The number of H-pyrrole nitrogens is 1. The molecule has 0 fully saturated rings. The van der Waals surface area contributed by atoms with Crippen LogP contribution in [0.25, 0.3) is 10.9 Å². The molecular formula is C16H20B2N2O4. The number of hydrogen-bond acceptors (Lipinski definition) is 5. The maximum Gasteiger partial charge on any atom is 0.488 e. The third kappa shape index (κ3) is 4.62. The van der Waals surface area contributed by atoms with Crippen LogP contribution in [0.2, 0.25) is 0 Å². The van der Waals surface area contributed by atoms with Gasteiger partial charge in [-0.05, 0) is 40.6 Å². The molecule has 0 radical (unpaired) electrons. The summed E-state index contributed by atoms with van der Waals surface area (Å²) < 4.78 is 0. The monoisotopic (exact) mass is 326 g/mol. The van der Waals surface area contributed by atoms with Gasteiger partial charge in [0.05, 0.1) is 0 Å². The summed E-state index contributed by atoms with van der Waals surface area (Å²) in [5.41, 5.74) is 2.98. The molecule has 1 heterocycles. The second-order valence-electron chi connectivity index (χ2n) is 5.56. The molecule has 2 aromatic carbocycles. The fraction of sp³-hybridized carbons (Fsp3) is 0.125. The Kier molecular flexibility index (Phi) is 6.05. The molecular weight excluding hydrogens is 306 g/mol. The Labute approximate surface area is 141 Å². The standard InChI is InChI=1S/C8H8BNO2.C8H12BNO2/c11-9(12)7-2-1-6-3-4-10-8(6)5-7;1-10(2)8-5-3-7(4-6-8)9(11)12/h1-5,10-12H;3-6,11-12H,1-2H3. The zero-order valence-electron chi connectivity index (χ0n) is 13.6. The molecule has 0 aliphatic heterocycles. The number of anilines is 1. The van der Waals surface area contributed by atoms with Gasteiger partial charge in [0, 0.05) is 31.5 Å². The molecule has 0 saturated carbocycles. The first-order valence-electron chi connectivity index (χ1n) is 7.45. The van der Waals surface area contributed by atoms with Gasteiger partial charge < -0.3 is 30.0 Å². The van der Waals surface area contributed by atoms with E-state index in [0.717, 1.165) is 16.6 Å². The largest absolute Gasteiger partial charge is 0.488 e. The van der Waals surface area contributed by atoms with Crippen molar-refractivity contribution in [2.45, 2.75) is 0 Å². The van der Waals surface area contributed by atoms with Gasteiger partial charge in [-0.2, -0.15) is 0 Å². The van der Waals surface area contributed by atoms with Gasteiger partial charge in [-0.3, -0.25) is 0 Å². The lowest BCUT2D eigenvalue weighted by Gasteiger charge is -2.12. The van der Waals surface area contributed by atoms with E-state index in [1.54, 1.807) is 24.3 Å². The van der Waals surface area contributed by atoms with Gasteiger partial charge >= 0.3 is 14.2 Å². The van der Waals surface area contributed by atoms with Gasteiger partial charge in [0.2, 0.25) is 0 Å². The van der Waals surface area contributed by atoms with Crippen LogP contribution in [0.5, 0.6) is 0 Å². The number of hydrogen-bond donors (Lipinski definition) is 5. The van der Waals surface area contributed by atoms with Crippen LogP contribution in [-0.2, 0) is 0 Å². The van der Waals surface area contributed by atoms with Crippen molar-refractivity contribution in [3.63, 3.8) is 0 Å². The molecule has 0 bridgehead atoms. The molecule has 1 aromatic heterocycles. The van der Waals surface area contributed by atoms with Crippen LogP contribution in [0, 0.1) is 0 Å². The number of nitrogens with zero attached hydrogens (tertiary/aromatic N) is 1. The van der Waals surface area contributed by atoms with Crippen molar-refractivity contribution >= 4 is 41.8 Å². The van der Waals surface area contributed by atoms with Crippen molar-refractivity contribution in [3.8, 4) is 0 Å². The fourth-order valence-corrected chi connectivity index (χ4v) is 2.17. The first kappa shape index (κ1) is 18.1. The third-order valence-electron chi connectivity index (χ3n) is 3.58. The highest BCUT2D eigenvalue weighted by Crippen LogP contribution is 2.09. The summed E-state index contributed by atoms with van der Waals surface area (Å²) in [6, 6.07) is 14.3. The highest BCUT2D eigenvalue weighted by atomic mass is 16.4. The van der Waals surface area contributed by atoms with Crippen molar-refractivity contribution in [3.05, 3.63) is 54.7 Å². The number of benzene rings is 2. The van der Waals surface area contributed by atoms with Crippen LogP contribution < -0.4 is 15.8 Å². The molecule has 0 atom stereocenters.